The summed E-state index contributed by atoms with van der Waals surface area (Å²) in [6.45, 7) is 0.108. The lowest BCUT2D eigenvalue weighted by atomic mass is 9.89. The lowest BCUT2D eigenvalue weighted by Gasteiger charge is -2.24. The largest absolute Gasteiger partial charge is 0.508 e. The summed E-state index contributed by atoms with van der Waals surface area (Å²) in [5.41, 5.74) is 2.56. The quantitative estimate of drug-likeness (QED) is 0.218. The summed E-state index contributed by atoms with van der Waals surface area (Å²) in [6.07, 6.45) is 0.367. The van der Waals surface area contributed by atoms with Gasteiger partial charge >= 0.3 is 0 Å². The topological polar surface area (TPSA) is 127 Å². The smallest absolute Gasteiger partial charge is 0.173 e. The first-order valence-corrected chi connectivity index (χ1v) is 12.4. The Morgan fingerprint density at radius 1 is 0.711 bits per heavy atom. The SMILES string of the molecule is O=C1CCOc2c(Cc3ccccc3O)c(O)c(Cc3cc(Cc4cc(Cl)ccc4O)ccc3O)c(O)c21. The molecular weight excluding hydrogens is 508 g/mol. The maximum atomic E-state index is 12.8. The number of rotatable bonds is 6. The second-order valence-corrected chi connectivity index (χ2v) is 9.71. The van der Waals surface area contributed by atoms with Crippen LogP contribution in [0.1, 0.15) is 50.2 Å². The van der Waals surface area contributed by atoms with Crippen molar-refractivity contribution in [3.8, 4) is 34.5 Å². The number of aromatic hydroxyl groups is 5. The number of phenols is 5. The zero-order chi connectivity index (χ0) is 27.0. The summed E-state index contributed by atoms with van der Waals surface area (Å²) >= 11 is 6.07. The first kappa shape index (κ1) is 25.3. The van der Waals surface area contributed by atoms with Crippen molar-refractivity contribution in [1.29, 1.82) is 0 Å². The van der Waals surface area contributed by atoms with E-state index in [1.54, 1.807) is 42.5 Å². The highest BCUT2D eigenvalue weighted by molar-refractivity contribution is 6.30. The molecule has 0 bridgehead atoms. The van der Waals surface area contributed by atoms with Crippen LogP contribution in [-0.2, 0) is 19.3 Å². The number of benzene rings is 4. The van der Waals surface area contributed by atoms with Crippen LogP contribution in [0, 0.1) is 0 Å². The number of hydrogen-bond acceptors (Lipinski definition) is 7. The molecule has 4 aromatic carbocycles. The number of ether oxygens (including phenoxy) is 1. The van der Waals surface area contributed by atoms with E-state index in [0.717, 1.165) is 5.56 Å². The molecule has 8 heteroatoms. The summed E-state index contributed by atoms with van der Waals surface area (Å²) in [7, 11) is 0. The molecule has 7 nitrogen and oxygen atoms in total. The third kappa shape index (κ3) is 4.80. The van der Waals surface area contributed by atoms with E-state index in [4.69, 9.17) is 16.3 Å². The van der Waals surface area contributed by atoms with Crippen LogP contribution in [0.25, 0.3) is 0 Å². The van der Waals surface area contributed by atoms with Gasteiger partial charge in [-0.05, 0) is 52.6 Å². The predicted molar refractivity (Wildman–Crippen MR) is 142 cm³/mol. The van der Waals surface area contributed by atoms with E-state index in [9.17, 15) is 30.3 Å². The molecular formula is C30H25ClO7. The zero-order valence-corrected chi connectivity index (χ0v) is 21.0. The molecule has 0 amide bonds. The second-order valence-electron chi connectivity index (χ2n) is 9.28. The van der Waals surface area contributed by atoms with E-state index >= 15 is 0 Å². The van der Waals surface area contributed by atoms with Crippen molar-refractivity contribution in [1.82, 2.24) is 0 Å². The van der Waals surface area contributed by atoms with Crippen LogP contribution in [0.2, 0.25) is 5.02 Å². The first-order chi connectivity index (χ1) is 18.2. The van der Waals surface area contributed by atoms with Gasteiger partial charge in [0.15, 0.2) is 5.78 Å². The Morgan fingerprint density at radius 3 is 2.13 bits per heavy atom. The Balaban J connectivity index is 1.58. The fraction of sp³-hybridized carbons (Fsp3) is 0.167. The van der Waals surface area contributed by atoms with Gasteiger partial charge in [0.2, 0.25) is 0 Å². The van der Waals surface area contributed by atoms with E-state index in [0.29, 0.717) is 28.1 Å². The third-order valence-corrected chi connectivity index (χ3v) is 6.99. The van der Waals surface area contributed by atoms with Crippen LogP contribution in [0.5, 0.6) is 34.5 Å². The van der Waals surface area contributed by atoms with Gasteiger partial charge in [0.1, 0.15) is 40.1 Å². The third-order valence-electron chi connectivity index (χ3n) is 6.76. The number of ketones is 1. The van der Waals surface area contributed by atoms with Crippen molar-refractivity contribution < 1.29 is 35.1 Å². The van der Waals surface area contributed by atoms with Gasteiger partial charge in [-0.2, -0.15) is 0 Å². The van der Waals surface area contributed by atoms with Gasteiger partial charge in [0.25, 0.3) is 0 Å². The molecule has 194 valence electrons. The van der Waals surface area contributed by atoms with Crippen LogP contribution in [0.3, 0.4) is 0 Å². The molecule has 1 aliphatic rings. The minimum Gasteiger partial charge on any atom is -0.508 e. The average molecular weight is 533 g/mol. The monoisotopic (exact) mass is 532 g/mol. The number of Topliss-reactive ketones (excluding diaryl/α,β-unsaturated/α-hetero) is 1. The van der Waals surface area contributed by atoms with Crippen molar-refractivity contribution in [2.45, 2.75) is 25.7 Å². The molecule has 0 fully saturated rings. The Labute approximate surface area is 223 Å². The molecule has 1 aliphatic heterocycles. The molecule has 0 saturated carbocycles. The van der Waals surface area contributed by atoms with Crippen molar-refractivity contribution in [2.75, 3.05) is 6.61 Å². The average Bonchev–Trinajstić information content (AvgIpc) is 2.89. The maximum absolute atomic E-state index is 12.8. The van der Waals surface area contributed by atoms with Crippen molar-refractivity contribution in [3.05, 3.63) is 105 Å². The lowest BCUT2D eigenvalue weighted by molar-refractivity contribution is 0.0928. The normalized spacial score (nSPS) is 12.7. The lowest BCUT2D eigenvalue weighted by Crippen LogP contribution is -2.18. The Kier molecular flexibility index (Phi) is 6.78. The van der Waals surface area contributed by atoms with Gasteiger partial charge in [-0.1, -0.05) is 41.9 Å². The van der Waals surface area contributed by atoms with Gasteiger partial charge in [0.05, 0.1) is 6.61 Å². The number of carbonyl (C=O) groups excluding carboxylic acids is 1. The van der Waals surface area contributed by atoms with Crippen LogP contribution in [0.15, 0.2) is 60.7 Å². The molecule has 4 aromatic rings. The molecule has 1 heterocycles. The van der Waals surface area contributed by atoms with Gasteiger partial charge in [-0.15, -0.1) is 0 Å². The van der Waals surface area contributed by atoms with Crippen LogP contribution < -0.4 is 4.74 Å². The van der Waals surface area contributed by atoms with E-state index in [1.807, 2.05) is 0 Å². The molecule has 5 N–H and O–H groups in total. The number of carbonyl (C=O) groups is 1. The zero-order valence-electron chi connectivity index (χ0n) is 20.2. The fourth-order valence-corrected chi connectivity index (χ4v) is 4.97. The number of halogens is 1. The van der Waals surface area contributed by atoms with Crippen molar-refractivity contribution in [2.24, 2.45) is 0 Å². The fourth-order valence-electron chi connectivity index (χ4n) is 4.78. The molecule has 0 unspecified atom stereocenters. The van der Waals surface area contributed by atoms with E-state index < -0.39 is 5.75 Å². The minimum atomic E-state index is -0.402. The van der Waals surface area contributed by atoms with E-state index in [2.05, 4.69) is 0 Å². The summed E-state index contributed by atoms with van der Waals surface area (Å²) < 4.78 is 5.73. The number of phenolic OH excluding ortho intramolecular Hbond substituents is 5. The molecule has 5 rings (SSSR count). The minimum absolute atomic E-state index is 0.0195. The second kappa shape index (κ2) is 10.2. The molecule has 38 heavy (non-hydrogen) atoms. The molecule has 0 aromatic heterocycles. The standard InChI is InChI=1S/C30H25ClO7/c31-20-6-8-25(34)18(13-20)11-16-5-7-24(33)19(12-16)15-21-28(36)22(14-17-3-1-2-4-23(17)32)30-27(29(21)37)26(35)9-10-38-30/h1-8,12-13,32-34,36-37H,9-11,14-15H2. The van der Waals surface area contributed by atoms with Gasteiger partial charge < -0.3 is 30.3 Å². The van der Waals surface area contributed by atoms with Gasteiger partial charge in [-0.3, -0.25) is 4.79 Å². The molecule has 0 aliphatic carbocycles. The summed E-state index contributed by atoms with van der Waals surface area (Å²) in [5, 5.41) is 54.0. The highest BCUT2D eigenvalue weighted by Crippen LogP contribution is 2.47. The van der Waals surface area contributed by atoms with Crippen LogP contribution >= 0.6 is 11.6 Å². The van der Waals surface area contributed by atoms with Crippen LogP contribution in [0.4, 0.5) is 0 Å². The summed E-state index contributed by atoms with van der Waals surface area (Å²) in [6, 6.07) is 16.3. The number of hydrogen-bond donors (Lipinski definition) is 5. The highest BCUT2D eigenvalue weighted by atomic mass is 35.5. The summed E-state index contributed by atoms with van der Waals surface area (Å²) in [4.78, 5) is 12.8. The highest BCUT2D eigenvalue weighted by Gasteiger charge is 2.32. The maximum Gasteiger partial charge on any atom is 0.173 e. The Bertz CT molecular complexity index is 1560. The molecule has 0 spiro atoms. The van der Waals surface area contributed by atoms with E-state index in [-0.39, 0.29) is 77.1 Å². The van der Waals surface area contributed by atoms with Crippen molar-refractivity contribution in [3.63, 3.8) is 0 Å². The Hall–Kier alpha value is -4.36. The first-order valence-electron chi connectivity index (χ1n) is 12.0. The molecule has 0 radical (unpaired) electrons. The summed E-state index contributed by atoms with van der Waals surface area (Å²) in [5.74, 6) is -0.869. The van der Waals surface area contributed by atoms with Crippen molar-refractivity contribution >= 4 is 17.4 Å². The predicted octanol–water partition coefficient (Wildman–Crippen LogP) is 5.61. The Morgan fingerprint density at radius 2 is 1.37 bits per heavy atom. The molecule has 0 saturated heterocycles. The van der Waals surface area contributed by atoms with E-state index in [1.165, 1.54) is 18.2 Å². The molecule has 0 atom stereocenters. The number of para-hydroxylation sites is 1. The van der Waals surface area contributed by atoms with Gasteiger partial charge in [-0.25, -0.2) is 0 Å². The van der Waals surface area contributed by atoms with Gasteiger partial charge in [0, 0.05) is 41.8 Å². The van der Waals surface area contributed by atoms with Crippen LogP contribution in [-0.4, -0.2) is 37.9 Å². The number of fused-ring (bicyclic) bond motifs is 1.